The van der Waals surface area contributed by atoms with Gasteiger partial charge in [-0.15, -0.1) is 0 Å². The highest BCUT2D eigenvalue weighted by atomic mass is 19.4. The van der Waals surface area contributed by atoms with E-state index in [4.69, 9.17) is 0 Å². The maximum absolute atomic E-state index is 12.6. The van der Waals surface area contributed by atoms with Crippen molar-refractivity contribution in [2.75, 3.05) is 0 Å². The summed E-state index contributed by atoms with van der Waals surface area (Å²) < 4.78 is 37.9. The molecule has 1 atom stereocenters. The molecule has 3 aromatic rings. The Labute approximate surface area is 127 Å². The normalized spacial score (nSPS) is 13.3. The lowest BCUT2D eigenvalue weighted by atomic mass is 9.91. The number of benzene rings is 3. The molecule has 0 saturated heterocycles. The van der Waals surface area contributed by atoms with Gasteiger partial charge in [-0.25, -0.2) is 0 Å². The summed E-state index contributed by atoms with van der Waals surface area (Å²) >= 11 is 0. The molecule has 0 nitrogen and oxygen atoms in total. The van der Waals surface area contributed by atoms with Crippen molar-refractivity contribution in [3.05, 3.63) is 83.4 Å². The third-order valence-corrected chi connectivity index (χ3v) is 4.01. The van der Waals surface area contributed by atoms with Gasteiger partial charge < -0.3 is 0 Å². The Hall–Kier alpha value is -2.29. The van der Waals surface area contributed by atoms with Crippen molar-refractivity contribution in [3.8, 4) is 0 Å². The fourth-order valence-electron chi connectivity index (χ4n) is 2.63. The Kier molecular flexibility index (Phi) is 3.65. The summed E-state index contributed by atoms with van der Waals surface area (Å²) in [7, 11) is 0. The molecule has 0 aliphatic heterocycles. The second-order valence-electron chi connectivity index (χ2n) is 5.45. The van der Waals surface area contributed by atoms with Crippen LogP contribution in [0.3, 0.4) is 0 Å². The van der Waals surface area contributed by atoms with Crippen molar-refractivity contribution in [3.63, 3.8) is 0 Å². The van der Waals surface area contributed by atoms with E-state index in [9.17, 15) is 13.2 Å². The van der Waals surface area contributed by atoms with Gasteiger partial charge in [0.15, 0.2) is 0 Å². The molecule has 0 amide bonds. The first kappa shape index (κ1) is 14.6. The molecule has 3 rings (SSSR count). The molecule has 0 bridgehead atoms. The summed E-state index contributed by atoms with van der Waals surface area (Å²) in [6.45, 7) is 2.01. The van der Waals surface area contributed by atoms with Crippen LogP contribution < -0.4 is 0 Å². The van der Waals surface area contributed by atoms with Crippen molar-refractivity contribution in [1.82, 2.24) is 0 Å². The summed E-state index contributed by atoms with van der Waals surface area (Å²) in [6, 6.07) is 19.6. The quantitative estimate of drug-likeness (QED) is 0.543. The van der Waals surface area contributed by atoms with Crippen LogP contribution in [0.25, 0.3) is 10.8 Å². The van der Waals surface area contributed by atoms with Crippen molar-refractivity contribution in [2.45, 2.75) is 19.0 Å². The number of halogens is 3. The Bertz CT molecular complexity index is 786. The SMILES string of the molecule is CC(c1ccc(C(F)(F)F)cc1)c1ccc2ccccc2c1. The summed E-state index contributed by atoms with van der Waals surface area (Å²) in [5.41, 5.74) is 1.36. The zero-order chi connectivity index (χ0) is 15.7. The van der Waals surface area contributed by atoms with E-state index in [2.05, 4.69) is 6.07 Å². The maximum Gasteiger partial charge on any atom is 0.416 e. The molecule has 0 heterocycles. The average molecular weight is 300 g/mol. The minimum atomic E-state index is -4.29. The number of alkyl halides is 3. The molecule has 0 aliphatic carbocycles. The van der Waals surface area contributed by atoms with Crippen LogP contribution in [0.1, 0.15) is 29.5 Å². The monoisotopic (exact) mass is 300 g/mol. The van der Waals surface area contributed by atoms with Crippen LogP contribution >= 0.6 is 0 Å². The topological polar surface area (TPSA) is 0 Å². The molecular weight excluding hydrogens is 285 g/mol. The molecule has 1 unspecified atom stereocenters. The third-order valence-electron chi connectivity index (χ3n) is 4.01. The smallest absolute Gasteiger partial charge is 0.166 e. The molecule has 3 heteroatoms. The summed E-state index contributed by atoms with van der Waals surface area (Å²) in [6.07, 6.45) is -4.29. The highest BCUT2D eigenvalue weighted by molar-refractivity contribution is 5.83. The van der Waals surface area contributed by atoms with Gasteiger partial charge in [-0.05, 0) is 34.0 Å². The summed E-state index contributed by atoms with van der Waals surface area (Å²) in [4.78, 5) is 0. The molecule has 0 saturated carbocycles. The fraction of sp³-hybridized carbons (Fsp3) is 0.158. The van der Waals surface area contributed by atoms with Crippen molar-refractivity contribution in [1.29, 1.82) is 0 Å². The molecule has 3 aromatic carbocycles. The second-order valence-corrected chi connectivity index (χ2v) is 5.45. The van der Waals surface area contributed by atoms with E-state index in [-0.39, 0.29) is 5.92 Å². The van der Waals surface area contributed by atoms with Gasteiger partial charge in [-0.1, -0.05) is 61.5 Å². The molecule has 0 fully saturated rings. The molecule has 112 valence electrons. The van der Waals surface area contributed by atoms with E-state index in [0.717, 1.165) is 34.0 Å². The summed E-state index contributed by atoms with van der Waals surface area (Å²) in [5, 5.41) is 2.30. The molecule has 22 heavy (non-hydrogen) atoms. The Balaban J connectivity index is 1.93. The zero-order valence-electron chi connectivity index (χ0n) is 12.1. The number of hydrogen-bond acceptors (Lipinski definition) is 0. The number of hydrogen-bond donors (Lipinski definition) is 0. The highest BCUT2D eigenvalue weighted by Crippen LogP contribution is 2.32. The average Bonchev–Trinajstić information content (AvgIpc) is 2.53. The van der Waals surface area contributed by atoms with Crippen LogP contribution in [-0.2, 0) is 6.18 Å². The zero-order valence-corrected chi connectivity index (χ0v) is 12.1. The predicted octanol–water partition coefficient (Wildman–Crippen LogP) is 6.01. The summed E-state index contributed by atoms with van der Waals surface area (Å²) in [5.74, 6) is 0.0480. The maximum atomic E-state index is 12.6. The Morgan fingerprint density at radius 1 is 0.727 bits per heavy atom. The second kappa shape index (κ2) is 5.48. The van der Waals surface area contributed by atoms with E-state index in [1.165, 1.54) is 0 Å². The van der Waals surface area contributed by atoms with Crippen LogP contribution in [0, 0.1) is 0 Å². The Morgan fingerprint density at radius 3 is 1.95 bits per heavy atom. The highest BCUT2D eigenvalue weighted by Gasteiger charge is 2.30. The van der Waals surface area contributed by atoms with Crippen LogP contribution in [0.5, 0.6) is 0 Å². The van der Waals surface area contributed by atoms with Crippen molar-refractivity contribution >= 4 is 10.8 Å². The number of fused-ring (bicyclic) bond motifs is 1. The lowest BCUT2D eigenvalue weighted by Gasteiger charge is -2.15. The van der Waals surface area contributed by atoms with Crippen LogP contribution in [-0.4, -0.2) is 0 Å². The van der Waals surface area contributed by atoms with E-state index in [1.54, 1.807) is 12.1 Å². The largest absolute Gasteiger partial charge is 0.416 e. The fourth-order valence-corrected chi connectivity index (χ4v) is 2.63. The minimum Gasteiger partial charge on any atom is -0.166 e. The van der Waals surface area contributed by atoms with Gasteiger partial charge in [0, 0.05) is 5.92 Å². The lowest BCUT2D eigenvalue weighted by molar-refractivity contribution is -0.137. The van der Waals surface area contributed by atoms with Gasteiger partial charge >= 0.3 is 6.18 Å². The third kappa shape index (κ3) is 2.84. The van der Waals surface area contributed by atoms with E-state index < -0.39 is 11.7 Å². The molecule has 0 aromatic heterocycles. The standard InChI is InChI=1S/C19H15F3/c1-13(14-8-10-18(11-9-14)19(20,21)22)16-7-6-15-4-2-3-5-17(15)12-16/h2-13H,1H3. The molecule has 0 N–H and O–H groups in total. The molecule has 0 radical (unpaired) electrons. The van der Waals surface area contributed by atoms with E-state index in [1.807, 2.05) is 43.3 Å². The van der Waals surface area contributed by atoms with Crippen LogP contribution in [0.15, 0.2) is 66.7 Å². The minimum absolute atomic E-state index is 0.0480. The van der Waals surface area contributed by atoms with Gasteiger partial charge in [0.1, 0.15) is 0 Å². The first-order chi connectivity index (χ1) is 10.4. The van der Waals surface area contributed by atoms with Gasteiger partial charge in [0.25, 0.3) is 0 Å². The van der Waals surface area contributed by atoms with E-state index >= 15 is 0 Å². The first-order valence-corrected chi connectivity index (χ1v) is 7.11. The molecule has 0 spiro atoms. The van der Waals surface area contributed by atoms with Gasteiger partial charge in [-0.3, -0.25) is 0 Å². The molecular formula is C19H15F3. The van der Waals surface area contributed by atoms with Gasteiger partial charge in [0.2, 0.25) is 0 Å². The predicted molar refractivity (Wildman–Crippen MR) is 82.9 cm³/mol. The van der Waals surface area contributed by atoms with Crippen LogP contribution in [0.2, 0.25) is 0 Å². The van der Waals surface area contributed by atoms with Gasteiger partial charge in [0.05, 0.1) is 5.56 Å². The van der Waals surface area contributed by atoms with E-state index in [0.29, 0.717) is 0 Å². The van der Waals surface area contributed by atoms with Crippen molar-refractivity contribution < 1.29 is 13.2 Å². The lowest BCUT2D eigenvalue weighted by Crippen LogP contribution is -2.05. The first-order valence-electron chi connectivity index (χ1n) is 7.11. The van der Waals surface area contributed by atoms with Crippen LogP contribution in [0.4, 0.5) is 13.2 Å². The van der Waals surface area contributed by atoms with Crippen molar-refractivity contribution in [2.24, 2.45) is 0 Å². The molecule has 0 aliphatic rings. The van der Waals surface area contributed by atoms with Gasteiger partial charge in [-0.2, -0.15) is 13.2 Å². The number of rotatable bonds is 2. The Morgan fingerprint density at radius 2 is 1.32 bits per heavy atom.